The topological polar surface area (TPSA) is 58.0 Å². The lowest BCUT2D eigenvalue weighted by Gasteiger charge is -2.12. The average molecular weight is 382 g/mol. The molecule has 0 spiro atoms. The monoisotopic (exact) mass is 381 g/mol. The Morgan fingerprint density at radius 2 is 1.50 bits per heavy atom. The van der Waals surface area contributed by atoms with Crippen LogP contribution >= 0.6 is 23.2 Å². The van der Waals surface area contributed by atoms with E-state index in [2.05, 4.69) is 15.3 Å². The second-order valence-electron chi connectivity index (χ2n) is 5.71. The summed E-state index contributed by atoms with van der Waals surface area (Å²) in [5, 5.41) is 15.3. The molecule has 0 radical (unpaired) electrons. The van der Waals surface area contributed by atoms with Crippen LogP contribution in [0.5, 0.6) is 5.75 Å². The van der Waals surface area contributed by atoms with Gasteiger partial charge in [-0.2, -0.15) is 0 Å². The molecular weight excluding hydrogens is 369 g/mol. The minimum absolute atomic E-state index is 0.125. The largest absolute Gasteiger partial charge is 0.507 e. The molecule has 0 saturated heterocycles. The average Bonchev–Trinajstić information content (AvgIpc) is 2.61. The molecule has 1 aromatic heterocycles. The van der Waals surface area contributed by atoms with Crippen molar-refractivity contribution >= 4 is 45.6 Å². The maximum atomic E-state index is 10.2. The molecule has 0 saturated carbocycles. The lowest BCUT2D eigenvalue weighted by molar-refractivity contribution is 0.477. The van der Waals surface area contributed by atoms with E-state index in [0.29, 0.717) is 27.3 Å². The molecule has 4 aromatic rings. The van der Waals surface area contributed by atoms with Crippen LogP contribution in [0.4, 0.5) is 11.5 Å². The van der Waals surface area contributed by atoms with E-state index in [1.165, 1.54) is 0 Å². The highest BCUT2D eigenvalue weighted by Gasteiger charge is 2.12. The minimum Gasteiger partial charge on any atom is -0.507 e. The van der Waals surface area contributed by atoms with Crippen LogP contribution in [0.15, 0.2) is 66.7 Å². The molecule has 0 fully saturated rings. The van der Waals surface area contributed by atoms with E-state index in [4.69, 9.17) is 23.2 Å². The van der Waals surface area contributed by atoms with Crippen molar-refractivity contribution in [1.82, 2.24) is 9.97 Å². The fourth-order valence-electron chi connectivity index (χ4n) is 2.72. The lowest BCUT2D eigenvalue weighted by atomic mass is 10.1. The Balaban J connectivity index is 1.89. The van der Waals surface area contributed by atoms with Crippen molar-refractivity contribution in [2.24, 2.45) is 0 Å². The molecule has 3 aromatic carbocycles. The first-order chi connectivity index (χ1) is 12.6. The first kappa shape index (κ1) is 16.6. The number of halogens is 2. The van der Waals surface area contributed by atoms with Crippen molar-refractivity contribution in [3.05, 3.63) is 76.8 Å². The third-order valence-electron chi connectivity index (χ3n) is 3.87. The number of hydrogen-bond acceptors (Lipinski definition) is 4. The van der Waals surface area contributed by atoms with E-state index in [9.17, 15) is 5.11 Å². The molecule has 0 aliphatic carbocycles. The van der Waals surface area contributed by atoms with Gasteiger partial charge in [0.15, 0.2) is 5.82 Å². The van der Waals surface area contributed by atoms with Gasteiger partial charge in [-0.15, -0.1) is 0 Å². The summed E-state index contributed by atoms with van der Waals surface area (Å²) in [7, 11) is 0. The van der Waals surface area contributed by atoms with Crippen molar-refractivity contribution in [1.29, 1.82) is 0 Å². The Morgan fingerprint density at radius 3 is 2.27 bits per heavy atom. The predicted octanol–water partition coefficient (Wildman–Crippen LogP) is 6.05. The minimum atomic E-state index is 0.125. The van der Waals surface area contributed by atoms with Gasteiger partial charge >= 0.3 is 0 Å². The molecule has 0 amide bonds. The van der Waals surface area contributed by atoms with Crippen molar-refractivity contribution in [2.45, 2.75) is 0 Å². The molecule has 0 unspecified atom stereocenters. The Hall–Kier alpha value is -2.82. The zero-order valence-electron chi connectivity index (χ0n) is 13.4. The first-order valence-electron chi connectivity index (χ1n) is 7.88. The second-order valence-corrected chi connectivity index (χ2v) is 6.59. The predicted molar refractivity (Wildman–Crippen MR) is 106 cm³/mol. The summed E-state index contributed by atoms with van der Waals surface area (Å²) in [6.07, 6.45) is 0. The molecule has 0 bridgehead atoms. The van der Waals surface area contributed by atoms with E-state index in [1.54, 1.807) is 36.4 Å². The number of phenolic OH excluding ortho intramolecular Hbond substituents is 1. The number of nitrogens with one attached hydrogen (secondary N) is 1. The third kappa shape index (κ3) is 3.29. The highest BCUT2D eigenvalue weighted by atomic mass is 35.5. The summed E-state index contributed by atoms with van der Waals surface area (Å²) in [6.45, 7) is 0. The maximum absolute atomic E-state index is 10.2. The fourth-order valence-corrected chi connectivity index (χ4v) is 3.24. The Bertz CT molecular complexity index is 1090. The van der Waals surface area contributed by atoms with Gasteiger partial charge in [0.2, 0.25) is 0 Å². The summed E-state index contributed by atoms with van der Waals surface area (Å²) in [6, 6.07) is 19.8. The van der Waals surface area contributed by atoms with Crippen LogP contribution in [0, 0.1) is 0 Å². The van der Waals surface area contributed by atoms with Crippen LogP contribution in [-0.2, 0) is 0 Å². The Labute approximate surface area is 160 Å². The number of nitrogens with zero attached hydrogens (tertiary/aromatic N) is 2. The van der Waals surface area contributed by atoms with Crippen LogP contribution in [0.1, 0.15) is 0 Å². The van der Waals surface area contributed by atoms with Gasteiger partial charge in [0.05, 0.1) is 11.1 Å². The van der Waals surface area contributed by atoms with Gasteiger partial charge in [0.25, 0.3) is 0 Å². The molecule has 0 aliphatic rings. The Kier molecular flexibility index (Phi) is 4.37. The quantitative estimate of drug-likeness (QED) is 0.453. The summed E-state index contributed by atoms with van der Waals surface area (Å²) in [5.74, 6) is 1.16. The molecule has 2 N–H and O–H groups in total. The van der Waals surface area contributed by atoms with Gasteiger partial charge in [-0.1, -0.05) is 47.5 Å². The molecule has 4 nitrogen and oxygen atoms in total. The van der Waals surface area contributed by atoms with E-state index >= 15 is 0 Å². The summed E-state index contributed by atoms with van der Waals surface area (Å²) < 4.78 is 0. The van der Waals surface area contributed by atoms with E-state index in [1.807, 2.05) is 30.3 Å². The second kappa shape index (κ2) is 6.83. The van der Waals surface area contributed by atoms with Gasteiger partial charge in [0, 0.05) is 21.1 Å². The number of anilines is 2. The van der Waals surface area contributed by atoms with Crippen LogP contribution < -0.4 is 5.32 Å². The fraction of sp³-hybridized carbons (Fsp3) is 0. The van der Waals surface area contributed by atoms with Gasteiger partial charge in [0.1, 0.15) is 11.6 Å². The van der Waals surface area contributed by atoms with Crippen molar-refractivity contribution < 1.29 is 5.11 Å². The number of para-hydroxylation sites is 2. The van der Waals surface area contributed by atoms with E-state index in [0.717, 1.165) is 16.6 Å². The molecule has 0 aliphatic heterocycles. The highest BCUT2D eigenvalue weighted by Crippen LogP contribution is 2.32. The number of aromatic nitrogens is 2. The highest BCUT2D eigenvalue weighted by molar-refractivity contribution is 6.35. The van der Waals surface area contributed by atoms with Crippen molar-refractivity contribution in [2.75, 3.05) is 5.32 Å². The number of aromatic hydroxyl groups is 1. The normalized spacial score (nSPS) is 10.8. The lowest BCUT2D eigenvalue weighted by Crippen LogP contribution is -1.99. The summed E-state index contributed by atoms with van der Waals surface area (Å²) in [4.78, 5) is 9.20. The molecule has 26 heavy (non-hydrogen) atoms. The molecule has 128 valence electrons. The van der Waals surface area contributed by atoms with Gasteiger partial charge in [-0.05, 0) is 42.5 Å². The summed E-state index contributed by atoms with van der Waals surface area (Å²) in [5.41, 5.74) is 2.04. The Morgan fingerprint density at radius 1 is 0.808 bits per heavy atom. The van der Waals surface area contributed by atoms with Crippen LogP contribution in [0.2, 0.25) is 10.0 Å². The van der Waals surface area contributed by atoms with Gasteiger partial charge < -0.3 is 10.4 Å². The van der Waals surface area contributed by atoms with Gasteiger partial charge in [-0.3, -0.25) is 0 Å². The zero-order chi connectivity index (χ0) is 18.1. The standard InChI is InChI=1S/C20H13Cl2N3O/c21-12-9-13(22)11-14(10-12)23-19-15-5-1-3-7-17(15)24-20(25-19)16-6-2-4-8-18(16)26/h1-11,26H,(H,23,24,25). The summed E-state index contributed by atoms with van der Waals surface area (Å²) >= 11 is 12.2. The molecule has 6 heteroatoms. The number of fused-ring (bicyclic) bond motifs is 1. The first-order valence-corrected chi connectivity index (χ1v) is 8.64. The van der Waals surface area contributed by atoms with Crippen molar-refractivity contribution in [3.8, 4) is 17.1 Å². The van der Waals surface area contributed by atoms with E-state index in [-0.39, 0.29) is 5.75 Å². The van der Waals surface area contributed by atoms with Crippen LogP contribution in [0.3, 0.4) is 0 Å². The van der Waals surface area contributed by atoms with Crippen LogP contribution in [-0.4, -0.2) is 15.1 Å². The molecular formula is C20H13Cl2N3O. The maximum Gasteiger partial charge on any atom is 0.165 e. The SMILES string of the molecule is Oc1ccccc1-c1nc(Nc2cc(Cl)cc(Cl)c2)c2ccccc2n1. The molecule has 1 heterocycles. The van der Waals surface area contributed by atoms with Crippen LogP contribution in [0.25, 0.3) is 22.3 Å². The number of hydrogen-bond donors (Lipinski definition) is 2. The third-order valence-corrected chi connectivity index (χ3v) is 4.31. The molecule has 0 atom stereocenters. The zero-order valence-corrected chi connectivity index (χ0v) is 15.0. The number of rotatable bonds is 3. The van der Waals surface area contributed by atoms with Gasteiger partial charge in [-0.25, -0.2) is 9.97 Å². The number of phenols is 1. The number of benzene rings is 3. The smallest absolute Gasteiger partial charge is 0.165 e. The van der Waals surface area contributed by atoms with E-state index < -0.39 is 0 Å². The van der Waals surface area contributed by atoms with Crippen molar-refractivity contribution in [3.63, 3.8) is 0 Å². The molecule has 4 rings (SSSR count).